The number of rotatable bonds is 5. The van der Waals surface area contributed by atoms with Crippen molar-refractivity contribution in [3.05, 3.63) is 35.2 Å². The lowest BCUT2D eigenvalue weighted by Gasteiger charge is -2.10. The second-order valence-electron chi connectivity index (χ2n) is 4.67. The molecule has 0 aromatic carbocycles. The van der Waals surface area contributed by atoms with E-state index in [-0.39, 0.29) is 12.4 Å². The number of hydrogen-bond donors (Lipinski definition) is 1. The average Bonchev–Trinajstić information content (AvgIpc) is 2.79. The lowest BCUT2D eigenvalue weighted by Crippen LogP contribution is -2.10. The van der Waals surface area contributed by atoms with Crippen molar-refractivity contribution in [1.29, 1.82) is 0 Å². The van der Waals surface area contributed by atoms with Gasteiger partial charge in [0.1, 0.15) is 11.5 Å². The molecule has 0 aliphatic rings. The number of aryl methyl sites for hydroxylation is 2. The molecule has 2 heterocycles. The fourth-order valence-corrected chi connectivity index (χ4v) is 2.19. The van der Waals surface area contributed by atoms with Crippen LogP contribution in [0.4, 0.5) is 19.0 Å². The van der Waals surface area contributed by atoms with Crippen molar-refractivity contribution in [3.63, 3.8) is 0 Å². The summed E-state index contributed by atoms with van der Waals surface area (Å²) in [5.74, 6) is 0.735. The van der Waals surface area contributed by atoms with Crippen LogP contribution in [0, 0.1) is 0 Å². The van der Waals surface area contributed by atoms with Crippen LogP contribution in [0.2, 0.25) is 0 Å². The first-order valence-corrected chi connectivity index (χ1v) is 6.73. The van der Waals surface area contributed by atoms with Gasteiger partial charge in [-0.25, -0.2) is 9.67 Å². The Balaban J connectivity index is 2.20. The zero-order valence-corrected chi connectivity index (χ0v) is 12.5. The molecule has 0 amide bonds. The topological polar surface area (TPSA) is 52.0 Å². The highest BCUT2D eigenvalue weighted by Gasteiger charge is 2.32. The number of nitrogens with zero attached hydrogens (tertiary/aromatic N) is 3. The van der Waals surface area contributed by atoms with Crippen molar-refractivity contribution in [2.24, 2.45) is 7.05 Å². The Hall–Kier alpha value is -2.25. The number of halogens is 3. The van der Waals surface area contributed by atoms with Crippen LogP contribution in [0.3, 0.4) is 0 Å². The molecule has 0 atom stereocenters. The largest absolute Gasteiger partial charge is 0.481 e. The molecule has 2 aromatic rings. The third kappa shape index (κ3) is 3.32. The first-order chi connectivity index (χ1) is 10.4. The smallest absolute Gasteiger partial charge is 0.433 e. The highest BCUT2D eigenvalue weighted by atomic mass is 19.4. The maximum absolute atomic E-state index is 12.6. The van der Waals surface area contributed by atoms with Gasteiger partial charge in [-0.05, 0) is 18.6 Å². The first-order valence-electron chi connectivity index (χ1n) is 6.73. The number of aromatic nitrogens is 3. The highest BCUT2D eigenvalue weighted by molar-refractivity contribution is 5.40. The van der Waals surface area contributed by atoms with Crippen LogP contribution in [-0.4, -0.2) is 21.9 Å². The van der Waals surface area contributed by atoms with Gasteiger partial charge in [0.15, 0.2) is 0 Å². The lowest BCUT2D eigenvalue weighted by molar-refractivity contribution is -0.141. The SMILES string of the molecule is CCc1nn(C)c(OC)c1CNc1cccc(C(F)(F)F)n1. The molecule has 0 aliphatic carbocycles. The summed E-state index contributed by atoms with van der Waals surface area (Å²) < 4.78 is 44.8. The minimum Gasteiger partial charge on any atom is -0.481 e. The normalized spacial score (nSPS) is 11.5. The number of methoxy groups -OCH3 is 1. The predicted molar refractivity (Wildman–Crippen MR) is 75.7 cm³/mol. The Morgan fingerprint density at radius 2 is 2.05 bits per heavy atom. The van der Waals surface area contributed by atoms with E-state index in [2.05, 4.69) is 15.4 Å². The number of pyridine rings is 1. The number of nitrogens with one attached hydrogen (secondary N) is 1. The molecule has 22 heavy (non-hydrogen) atoms. The molecule has 0 radical (unpaired) electrons. The monoisotopic (exact) mass is 314 g/mol. The second kappa shape index (κ2) is 6.25. The zero-order valence-electron chi connectivity index (χ0n) is 12.5. The molecule has 120 valence electrons. The fraction of sp³-hybridized carbons (Fsp3) is 0.429. The molecular formula is C14H17F3N4O. The van der Waals surface area contributed by atoms with E-state index in [0.29, 0.717) is 12.3 Å². The zero-order chi connectivity index (χ0) is 16.3. The van der Waals surface area contributed by atoms with Crippen molar-refractivity contribution in [1.82, 2.24) is 14.8 Å². The Labute approximate surface area is 126 Å². The van der Waals surface area contributed by atoms with Crippen molar-refractivity contribution in [3.8, 4) is 5.88 Å². The predicted octanol–water partition coefficient (Wildman–Crippen LogP) is 3.02. The minimum absolute atomic E-state index is 0.155. The molecule has 0 saturated heterocycles. The Morgan fingerprint density at radius 3 is 2.64 bits per heavy atom. The standard InChI is InChI=1S/C14H17F3N4O/c1-4-10-9(13(22-3)21(2)20-10)8-18-12-7-5-6-11(19-12)14(15,16)17/h5-7H,4,8H2,1-3H3,(H,18,19). The summed E-state index contributed by atoms with van der Waals surface area (Å²) in [5, 5.41) is 7.21. The van der Waals surface area contributed by atoms with E-state index >= 15 is 0 Å². The third-order valence-electron chi connectivity index (χ3n) is 3.19. The summed E-state index contributed by atoms with van der Waals surface area (Å²) in [4.78, 5) is 3.57. The highest BCUT2D eigenvalue weighted by Crippen LogP contribution is 2.28. The summed E-state index contributed by atoms with van der Waals surface area (Å²) in [6, 6.07) is 3.75. The molecule has 0 aliphatic heterocycles. The third-order valence-corrected chi connectivity index (χ3v) is 3.19. The van der Waals surface area contributed by atoms with E-state index in [9.17, 15) is 13.2 Å². The summed E-state index contributed by atoms with van der Waals surface area (Å²) in [6.07, 6.45) is -3.76. The van der Waals surface area contributed by atoms with Crippen LogP contribution in [0.15, 0.2) is 18.2 Å². The van der Waals surface area contributed by atoms with E-state index in [4.69, 9.17) is 4.74 Å². The van der Waals surface area contributed by atoms with Gasteiger partial charge >= 0.3 is 6.18 Å². The lowest BCUT2D eigenvalue weighted by atomic mass is 10.2. The minimum atomic E-state index is -4.46. The first kappa shape index (κ1) is 16.1. The molecule has 1 N–H and O–H groups in total. The maximum atomic E-state index is 12.6. The molecular weight excluding hydrogens is 297 g/mol. The number of anilines is 1. The average molecular weight is 314 g/mol. The van der Waals surface area contributed by atoms with Crippen LogP contribution in [0.5, 0.6) is 5.88 Å². The molecule has 0 saturated carbocycles. The van der Waals surface area contributed by atoms with Gasteiger partial charge in [-0.3, -0.25) is 0 Å². The maximum Gasteiger partial charge on any atom is 0.433 e. The van der Waals surface area contributed by atoms with Crippen LogP contribution in [-0.2, 0) is 26.2 Å². The summed E-state index contributed by atoms with van der Waals surface area (Å²) in [5.41, 5.74) is 0.719. The second-order valence-corrected chi connectivity index (χ2v) is 4.67. The van der Waals surface area contributed by atoms with Crippen LogP contribution < -0.4 is 10.1 Å². The van der Waals surface area contributed by atoms with Gasteiger partial charge in [-0.1, -0.05) is 13.0 Å². The van der Waals surface area contributed by atoms with Gasteiger partial charge in [0.2, 0.25) is 5.88 Å². The van der Waals surface area contributed by atoms with Gasteiger partial charge in [0.05, 0.1) is 18.4 Å². The number of ether oxygens (including phenoxy) is 1. The summed E-state index contributed by atoms with van der Waals surface area (Å²) in [6.45, 7) is 2.24. The molecule has 0 spiro atoms. The molecule has 0 bridgehead atoms. The summed E-state index contributed by atoms with van der Waals surface area (Å²) >= 11 is 0. The fourth-order valence-electron chi connectivity index (χ4n) is 2.19. The Morgan fingerprint density at radius 1 is 1.32 bits per heavy atom. The van der Waals surface area contributed by atoms with Gasteiger partial charge in [-0.15, -0.1) is 0 Å². The van der Waals surface area contributed by atoms with Crippen molar-refractivity contribution < 1.29 is 17.9 Å². The Kier molecular flexibility index (Phi) is 4.58. The quantitative estimate of drug-likeness (QED) is 0.922. The van der Waals surface area contributed by atoms with Gasteiger partial charge in [0.25, 0.3) is 0 Å². The van der Waals surface area contributed by atoms with Crippen molar-refractivity contribution in [2.75, 3.05) is 12.4 Å². The molecule has 2 rings (SSSR count). The van der Waals surface area contributed by atoms with Gasteiger partial charge in [0, 0.05) is 13.6 Å². The van der Waals surface area contributed by atoms with Crippen LogP contribution >= 0.6 is 0 Å². The van der Waals surface area contributed by atoms with E-state index in [1.54, 1.807) is 11.7 Å². The van der Waals surface area contributed by atoms with Crippen molar-refractivity contribution in [2.45, 2.75) is 26.1 Å². The van der Waals surface area contributed by atoms with Crippen molar-refractivity contribution >= 4 is 5.82 Å². The molecule has 2 aromatic heterocycles. The van der Waals surface area contributed by atoms with E-state index in [0.717, 1.165) is 17.3 Å². The molecule has 8 heteroatoms. The number of alkyl halides is 3. The van der Waals surface area contributed by atoms with E-state index < -0.39 is 11.9 Å². The van der Waals surface area contributed by atoms with Gasteiger partial charge < -0.3 is 10.1 Å². The molecule has 0 unspecified atom stereocenters. The summed E-state index contributed by atoms with van der Waals surface area (Å²) in [7, 11) is 3.28. The Bertz CT molecular complexity index is 652. The van der Waals surface area contributed by atoms with Crippen LogP contribution in [0.25, 0.3) is 0 Å². The van der Waals surface area contributed by atoms with Gasteiger partial charge in [-0.2, -0.15) is 18.3 Å². The van der Waals surface area contributed by atoms with E-state index in [1.165, 1.54) is 19.2 Å². The molecule has 5 nitrogen and oxygen atoms in total. The molecule has 0 fully saturated rings. The van der Waals surface area contributed by atoms with E-state index in [1.807, 2.05) is 6.92 Å². The van der Waals surface area contributed by atoms with Crippen LogP contribution in [0.1, 0.15) is 23.9 Å². The number of hydrogen-bond acceptors (Lipinski definition) is 4.